The molecule has 0 saturated heterocycles. The molecule has 0 amide bonds. The van der Waals surface area contributed by atoms with E-state index in [2.05, 4.69) is 65.6 Å². The molecule has 0 fully saturated rings. The van der Waals surface area contributed by atoms with E-state index in [1.165, 1.54) is 11.1 Å². The van der Waals surface area contributed by atoms with Gasteiger partial charge in [0, 0.05) is 18.7 Å². The summed E-state index contributed by atoms with van der Waals surface area (Å²) in [5.41, 5.74) is 3.60. The number of nitrogens with zero attached hydrogens (tertiary/aromatic N) is 2. The Balaban J connectivity index is 2.14. The summed E-state index contributed by atoms with van der Waals surface area (Å²) in [6, 6.07) is 8.50. The summed E-state index contributed by atoms with van der Waals surface area (Å²) < 4.78 is 0. The quantitative estimate of drug-likeness (QED) is 0.846. The van der Waals surface area contributed by atoms with Crippen molar-refractivity contribution in [1.82, 2.24) is 9.97 Å². The predicted octanol–water partition coefficient (Wildman–Crippen LogP) is 3.84. The molecular formula is C17H24N4. The van der Waals surface area contributed by atoms with Crippen molar-refractivity contribution in [3.05, 3.63) is 46.8 Å². The molecule has 112 valence electrons. The monoisotopic (exact) mass is 284 g/mol. The summed E-state index contributed by atoms with van der Waals surface area (Å²) in [6.45, 7) is 9.93. The number of aryl methyl sites for hydroxylation is 2. The van der Waals surface area contributed by atoms with Crippen LogP contribution in [0.3, 0.4) is 0 Å². The van der Waals surface area contributed by atoms with Crippen LogP contribution in [0.5, 0.6) is 0 Å². The molecular weight excluding hydrogens is 260 g/mol. The Morgan fingerprint density at radius 2 is 1.71 bits per heavy atom. The van der Waals surface area contributed by atoms with Gasteiger partial charge in [-0.1, -0.05) is 36.8 Å². The van der Waals surface area contributed by atoms with Gasteiger partial charge in [-0.25, -0.2) is 9.97 Å². The lowest BCUT2D eigenvalue weighted by molar-refractivity contribution is 0.942. The van der Waals surface area contributed by atoms with Crippen molar-refractivity contribution in [3.63, 3.8) is 0 Å². The zero-order chi connectivity index (χ0) is 15.2. The average Bonchev–Trinajstić information content (AvgIpc) is 2.46. The fraction of sp³-hybridized carbons (Fsp3) is 0.412. The van der Waals surface area contributed by atoms with E-state index in [1.807, 2.05) is 6.92 Å². The second-order valence-corrected chi connectivity index (χ2v) is 5.36. The van der Waals surface area contributed by atoms with Crippen molar-refractivity contribution >= 4 is 11.6 Å². The van der Waals surface area contributed by atoms with E-state index >= 15 is 0 Å². The first-order valence-corrected chi connectivity index (χ1v) is 7.48. The number of hydrogen-bond acceptors (Lipinski definition) is 4. The Morgan fingerprint density at radius 1 is 1.00 bits per heavy atom. The standard InChI is InChI=1S/C17H24N4/c1-5-9-18-16-13(3)17(21-14(4)20-16)19-11-15-8-6-7-12(2)10-15/h6-8,10H,5,9,11H2,1-4H3,(H2,18,19,20,21). The van der Waals surface area contributed by atoms with Gasteiger partial charge in [-0.2, -0.15) is 0 Å². The highest BCUT2D eigenvalue weighted by molar-refractivity contribution is 5.57. The van der Waals surface area contributed by atoms with Crippen LogP contribution in [0.1, 0.15) is 35.9 Å². The first-order valence-electron chi connectivity index (χ1n) is 7.48. The molecule has 0 aliphatic rings. The zero-order valence-electron chi connectivity index (χ0n) is 13.3. The molecule has 2 aromatic rings. The minimum Gasteiger partial charge on any atom is -0.370 e. The van der Waals surface area contributed by atoms with Crippen molar-refractivity contribution < 1.29 is 0 Å². The van der Waals surface area contributed by atoms with Crippen LogP contribution in [0, 0.1) is 20.8 Å². The Bertz CT molecular complexity index is 608. The molecule has 0 aliphatic carbocycles. The number of aromatic nitrogens is 2. The number of rotatable bonds is 6. The summed E-state index contributed by atoms with van der Waals surface area (Å²) in [5.74, 6) is 2.62. The second kappa shape index (κ2) is 7.07. The maximum atomic E-state index is 4.52. The van der Waals surface area contributed by atoms with Gasteiger partial charge in [0.25, 0.3) is 0 Å². The number of benzene rings is 1. The predicted molar refractivity (Wildman–Crippen MR) is 88.8 cm³/mol. The highest BCUT2D eigenvalue weighted by Crippen LogP contribution is 2.20. The Kier molecular flexibility index (Phi) is 5.14. The van der Waals surface area contributed by atoms with Crippen molar-refractivity contribution in [2.45, 2.75) is 40.7 Å². The lowest BCUT2D eigenvalue weighted by atomic mass is 10.1. The third-order valence-corrected chi connectivity index (χ3v) is 3.34. The molecule has 0 bridgehead atoms. The number of anilines is 2. The summed E-state index contributed by atoms with van der Waals surface area (Å²) in [7, 11) is 0. The van der Waals surface area contributed by atoms with Crippen LogP contribution < -0.4 is 10.6 Å². The van der Waals surface area contributed by atoms with E-state index in [0.29, 0.717) is 0 Å². The molecule has 0 aliphatic heterocycles. The van der Waals surface area contributed by atoms with Crippen LogP contribution in [-0.2, 0) is 6.54 Å². The Labute approximate surface area is 127 Å². The van der Waals surface area contributed by atoms with E-state index in [1.54, 1.807) is 0 Å². The minimum absolute atomic E-state index is 0.770. The normalized spacial score (nSPS) is 10.5. The van der Waals surface area contributed by atoms with E-state index in [0.717, 1.165) is 42.5 Å². The number of nitrogens with one attached hydrogen (secondary N) is 2. The van der Waals surface area contributed by atoms with Crippen LogP contribution in [0.25, 0.3) is 0 Å². The largest absolute Gasteiger partial charge is 0.370 e. The van der Waals surface area contributed by atoms with Crippen LogP contribution in [0.4, 0.5) is 11.6 Å². The second-order valence-electron chi connectivity index (χ2n) is 5.36. The fourth-order valence-corrected chi connectivity index (χ4v) is 2.22. The molecule has 2 rings (SSSR count). The topological polar surface area (TPSA) is 49.8 Å². The van der Waals surface area contributed by atoms with Crippen molar-refractivity contribution in [2.75, 3.05) is 17.2 Å². The summed E-state index contributed by atoms with van der Waals surface area (Å²) in [5, 5.41) is 6.78. The maximum Gasteiger partial charge on any atom is 0.135 e. The third kappa shape index (κ3) is 4.18. The lowest BCUT2D eigenvalue weighted by Crippen LogP contribution is -2.10. The van der Waals surface area contributed by atoms with Crippen molar-refractivity contribution in [3.8, 4) is 0 Å². The summed E-state index contributed by atoms with van der Waals surface area (Å²) >= 11 is 0. The SMILES string of the molecule is CCCNc1nc(C)nc(NCc2cccc(C)c2)c1C. The van der Waals surface area contributed by atoms with Crippen LogP contribution in [0.2, 0.25) is 0 Å². The van der Waals surface area contributed by atoms with E-state index in [9.17, 15) is 0 Å². The van der Waals surface area contributed by atoms with E-state index < -0.39 is 0 Å². The smallest absolute Gasteiger partial charge is 0.135 e. The molecule has 0 unspecified atom stereocenters. The molecule has 0 saturated carbocycles. The first kappa shape index (κ1) is 15.3. The highest BCUT2D eigenvalue weighted by atomic mass is 15.1. The highest BCUT2D eigenvalue weighted by Gasteiger charge is 2.08. The zero-order valence-corrected chi connectivity index (χ0v) is 13.3. The maximum absolute atomic E-state index is 4.52. The van der Waals surface area contributed by atoms with Crippen molar-refractivity contribution in [1.29, 1.82) is 0 Å². The minimum atomic E-state index is 0.770. The van der Waals surface area contributed by atoms with E-state index in [-0.39, 0.29) is 0 Å². The van der Waals surface area contributed by atoms with Gasteiger partial charge in [0.2, 0.25) is 0 Å². The van der Waals surface area contributed by atoms with Gasteiger partial charge < -0.3 is 10.6 Å². The summed E-state index contributed by atoms with van der Waals surface area (Å²) in [6.07, 6.45) is 1.08. The lowest BCUT2D eigenvalue weighted by Gasteiger charge is -2.14. The number of hydrogen-bond donors (Lipinski definition) is 2. The molecule has 0 spiro atoms. The third-order valence-electron chi connectivity index (χ3n) is 3.34. The van der Waals surface area contributed by atoms with E-state index in [4.69, 9.17) is 0 Å². The van der Waals surface area contributed by atoms with Gasteiger partial charge in [0.1, 0.15) is 17.5 Å². The molecule has 4 heteroatoms. The van der Waals surface area contributed by atoms with Crippen LogP contribution in [-0.4, -0.2) is 16.5 Å². The summed E-state index contributed by atoms with van der Waals surface area (Å²) in [4.78, 5) is 8.99. The molecule has 4 nitrogen and oxygen atoms in total. The molecule has 1 heterocycles. The van der Waals surface area contributed by atoms with Gasteiger partial charge in [-0.05, 0) is 32.8 Å². The molecule has 0 radical (unpaired) electrons. The fourth-order valence-electron chi connectivity index (χ4n) is 2.22. The molecule has 1 aromatic carbocycles. The first-order chi connectivity index (χ1) is 10.1. The van der Waals surface area contributed by atoms with Gasteiger partial charge in [-0.3, -0.25) is 0 Å². The van der Waals surface area contributed by atoms with Crippen LogP contribution in [0.15, 0.2) is 24.3 Å². The molecule has 2 N–H and O–H groups in total. The molecule has 0 atom stereocenters. The van der Waals surface area contributed by atoms with Gasteiger partial charge >= 0.3 is 0 Å². The van der Waals surface area contributed by atoms with Crippen LogP contribution >= 0.6 is 0 Å². The van der Waals surface area contributed by atoms with Gasteiger partial charge in [-0.15, -0.1) is 0 Å². The van der Waals surface area contributed by atoms with Gasteiger partial charge in [0.05, 0.1) is 0 Å². The average molecular weight is 284 g/mol. The van der Waals surface area contributed by atoms with Gasteiger partial charge in [0.15, 0.2) is 0 Å². The molecule has 21 heavy (non-hydrogen) atoms. The molecule has 1 aromatic heterocycles. The Morgan fingerprint density at radius 3 is 2.38 bits per heavy atom. The van der Waals surface area contributed by atoms with Crippen molar-refractivity contribution in [2.24, 2.45) is 0 Å². The Hall–Kier alpha value is -2.10.